The zero-order valence-electron chi connectivity index (χ0n) is 13.3. The van der Waals surface area contributed by atoms with Gasteiger partial charge in [0.05, 0.1) is 19.3 Å². The number of carbonyl (C=O) groups is 1. The summed E-state index contributed by atoms with van der Waals surface area (Å²) < 4.78 is 44.8. The van der Waals surface area contributed by atoms with Gasteiger partial charge in [0.2, 0.25) is 0 Å². The topological polar surface area (TPSA) is 70.6 Å². The van der Waals surface area contributed by atoms with Crippen LogP contribution in [0.4, 0.5) is 18.0 Å². The average molecular weight is 346 g/mol. The Bertz CT molecular complexity index is 548. The molecule has 3 N–H and O–H groups in total. The van der Waals surface area contributed by atoms with Crippen LogP contribution in [-0.2, 0) is 0 Å². The van der Waals surface area contributed by atoms with Crippen molar-refractivity contribution >= 4 is 6.03 Å². The first-order chi connectivity index (χ1) is 11.3. The van der Waals surface area contributed by atoms with Gasteiger partial charge in [-0.15, -0.1) is 0 Å². The number of carbonyl (C=O) groups excluding carboxylic acids is 1. The lowest BCUT2D eigenvalue weighted by atomic mass is 9.93. The van der Waals surface area contributed by atoms with E-state index in [1.165, 1.54) is 31.4 Å². The van der Waals surface area contributed by atoms with Crippen LogP contribution in [0.3, 0.4) is 0 Å². The van der Waals surface area contributed by atoms with Gasteiger partial charge in [-0.25, -0.2) is 4.79 Å². The van der Waals surface area contributed by atoms with Crippen molar-refractivity contribution in [1.29, 1.82) is 0 Å². The van der Waals surface area contributed by atoms with E-state index in [0.717, 1.165) is 12.8 Å². The van der Waals surface area contributed by atoms with Crippen LogP contribution in [0.15, 0.2) is 24.3 Å². The number of halogens is 3. The van der Waals surface area contributed by atoms with E-state index in [1.54, 1.807) is 0 Å². The van der Waals surface area contributed by atoms with Crippen molar-refractivity contribution in [2.45, 2.75) is 50.0 Å². The maximum Gasteiger partial charge on any atom is 0.412 e. The van der Waals surface area contributed by atoms with Gasteiger partial charge in [-0.2, -0.15) is 13.2 Å². The maximum absolute atomic E-state index is 13.3. The number of methoxy groups -OCH3 is 1. The van der Waals surface area contributed by atoms with E-state index >= 15 is 0 Å². The van der Waals surface area contributed by atoms with E-state index in [1.807, 2.05) is 5.32 Å². The second kappa shape index (κ2) is 7.74. The zero-order valence-corrected chi connectivity index (χ0v) is 13.3. The summed E-state index contributed by atoms with van der Waals surface area (Å²) in [6, 6.07) is 1.71. The summed E-state index contributed by atoms with van der Waals surface area (Å²) in [6.07, 6.45) is -2.62. The normalized spacial score (nSPS) is 22.5. The Morgan fingerprint density at radius 2 is 1.88 bits per heavy atom. The number of aliphatic hydroxyl groups excluding tert-OH is 1. The number of aliphatic hydroxyl groups is 1. The molecule has 1 aromatic carbocycles. The summed E-state index contributed by atoms with van der Waals surface area (Å²) in [5, 5.41) is 14.2. The first-order valence-electron chi connectivity index (χ1n) is 7.77. The van der Waals surface area contributed by atoms with Crippen molar-refractivity contribution in [2.75, 3.05) is 7.11 Å². The Balaban J connectivity index is 2.06. The third-order valence-corrected chi connectivity index (χ3v) is 4.10. The van der Waals surface area contributed by atoms with Crippen LogP contribution >= 0.6 is 0 Å². The fraction of sp³-hybridized carbons (Fsp3) is 0.562. The quantitative estimate of drug-likeness (QED) is 0.785. The molecule has 8 heteroatoms. The summed E-state index contributed by atoms with van der Waals surface area (Å²) in [4.78, 5) is 12.0. The number of benzene rings is 1. The van der Waals surface area contributed by atoms with Crippen molar-refractivity contribution in [3.63, 3.8) is 0 Å². The highest BCUT2D eigenvalue weighted by molar-refractivity contribution is 5.75. The molecule has 2 amide bonds. The van der Waals surface area contributed by atoms with Crippen LogP contribution in [0.2, 0.25) is 0 Å². The van der Waals surface area contributed by atoms with Crippen LogP contribution in [0.5, 0.6) is 5.75 Å². The number of ether oxygens (including phenoxy) is 1. The summed E-state index contributed by atoms with van der Waals surface area (Å²) in [5.41, 5.74) is -0.0948. The molecule has 2 rings (SSSR count). The number of hydrogen-bond acceptors (Lipinski definition) is 3. The smallest absolute Gasteiger partial charge is 0.412 e. The molecule has 0 spiro atoms. The van der Waals surface area contributed by atoms with E-state index in [0.29, 0.717) is 18.6 Å². The molecule has 24 heavy (non-hydrogen) atoms. The summed E-state index contributed by atoms with van der Waals surface area (Å²) in [5.74, 6) is 0.425. The molecular weight excluding hydrogens is 325 g/mol. The first-order valence-corrected chi connectivity index (χ1v) is 7.77. The lowest BCUT2D eigenvalue weighted by Gasteiger charge is -2.29. The monoisotopic (exact) mass is 346 g/mol. The summed E-state index contributed by atoms with van der Waals surface area (Å²) in [7, 11) is 1.41. The number of amides is 2. The molecule has 0 aliphatic heterocycles. The molecule has 5 nitrogen and oxygen atoms in total. The number of urea groups is 1. The van der Waals surface area contributed by atoms with Gasteiger partial charge in [0.25, 0.3) is 0 Å². The molecule has 134 valence electrons. The van der Waals surface area contributed by atoms with Gasteiger partial charge >= 0.3 is 12.2 Å². The molecule has 1 fully saturated rings. The molecule has 1 aromatic rings. The molecule has 0 heterocycles. The van der Waals surface area contributed by atoms with Gasteiger partial charge < -0.3 is 20.5 Å². The molecule has 0 unspecified atom stereocenters. The minimum Gasteiger partial charge on any atom is -0.497 e. The molecule has 1 saturated carbocycles. The highest BCUT2D eigenvalue weighted by Crippen LogP contribution is 2.33. The van der Waals surface area contributed by atoms with Gasteiger partial charge in [-0.1, -0.05) is 25.0 Å². The van der Waals surface area contributed by atoms with Gasteiger partial charge in [-0.05, 0) is 30.5 Å². The predicted molar refractivity (Wildman–Crippen MR) is 81.7 cm³/mol. The van der Waals surface area contributed by atoms with Crippen molar-refractivity contribution in [3.8, 4) is 5.75 Å². The van der Waals surface area contributed by atoms with Crippen molar-refractivity contribution in [1.82, 2.24) is 10.6 Å². The Labute approximate surface area is 138 Å². The molecule has 0 bridgehead atoms. The fourth-order valence-corrected chi connectivity index (χ4v) is 2.77. The summed E-state index contributed by atoms with van der Waals surface area (Å²) >= 11 is 0. The Kier molecular flexibility index (Phi) is 5.93. The lowest BCUT2D eigenvalue weighted by Crippen LogP contribution is -2.51. The van der Waals surface area contributed by atoms with Gasteiger partial charge in [0, 0.05) is 0 Å². The van der Waals surface area contributed by atoms with Crippen LogP contribution in [0.1, 0.15) is 37.3 Å². The maximum atomic E-state index is 13.3. The Hall–Kier alpha value is -1.96. The van der Waals surface area contributed by atoms with Gasteiger partial charge in [0.15, 0.2) is 6.04 Å². The largest absolute Gasteiger partial charge is 0.497 e. The molecule has 0 radical (unpaired) electrons. The third kappa shape index (κ3) is 4.77. The molecule has 1 aliphatic carbocycles. The van der Waals surface area contributed by atoms with Crippen molar-refractivity contribution in [3.05, 3.63) is 29.8 Å². The molecule has 1 aliphatic rings. The van der Waals surface area contributed by atoms with E-state index in [9.17, 15) is 23.1 Å². The first kappa shape index (κ1) is 18.4. The SMILES string of the molecule is COc1ccc([C@@H](NC(=O)N[C@H]2CCCC[C@@H]2O)C(F)(F)F)cc1. The van der Waals surface area contributed by atoms with E-state index < -0.39 is 30.4 Å². The number of hydrogen-bond donors (Lipinski definition) is 3. The minimum atomic E-state index is -4.64. The molecular formula is C16H21F3N2O3. The van der Waals surface area contributed by atoms with Gasteiger partial charge in [-0.3, -0.25) is 0 Å². The lowest BCUT2D eigenvalue weighted by molar-refractivity contribution is -0.155. The van der Waals surface area contributed by atoms with Crippen LogP contribution < -0.4 is 15.4 Å². The predicted octanol–water partition coefficient (Wildman–Crippen LogP) is 2.90. The Morgan fingerprint density at radius 3 is 2.42 bits per heavy atom. The molecule has 3 atom stereocenters. The number of alkyl halides is 3. The van der Waals surface area contributed by atoms with Crippen LogP contribution in [0, 0.1) is 0 Å². The van der Waals surface area contributed by atoms with E-state index in [4.69, 9.17) is 4.74 Å². The molecule has 0 aromatic heterocycles. The fourth-order valence-electron chi connectivity index (χ4n) is 2.77. The van der Waals surface area contributed by atoms with E-state index in [2.05, 4.69) is 5.32 Å². The second-order valence-corrected chi connectivity index (χ2v) is 5.82. The third-order valence-electron chi connectivity index (χ3n) is 4.10. The zero-order chi connectivity index (χ0) is 17.7. The number of rotatable bonds is 4. The second-order valence-electron chi connectivity index (χ2n) is 5.82. The van der Waals surface area contributed by atoms with Crippen LogP contribution in [-0.4, -0.2) is 36.6 Å². The molecule has 0 saturated heterocycles. The van der Waals surface area contributed by atoms with Gasteiger partial charge in [0.1, 0.15) is 5.75 Å². The van der Waals surface area contributed by atoms with Crippen molar-refractivity contribution in [2.24, 2.45) is 0 Å². The summed E-state index contributed by atoms with van der Waals surface area (Å²) in [6.45, 7) is 0. The average Bonchev–Trinajstić information content (AvgIpc) is 2.54. The number of nitrogens with one attached hydrogen (secondary N) is 2. The van der Waals surface area contributed by atoms with E-state index in [-0.39, 0.29) is 5.56 Å². The van der Waals surface area contributed by atoms with Crippen LogP contribution in [0.25, 0.3) is 0 Å². The minimum absolute atomic E-state index is 0.0948. The highest BCUT2D eigenvalue weighted by atomic mass is 19.4. The standard InChI is InChI=1S/C16H21F3N2O3/c1-24-11-8-6-10(7-9-11)14(16(17,18)19)21-15(23)20-12-4-2-3-5-13(12)22/h6-9,12-14,22H,2-5H2,1H3,(H2,20,21,23)/t12-,13-,14+/m0/s1. The Morgan fingerprint density at radius 1 is 1.25 bits per heavy atom. The van der Waals surface area contributed by atoms with Crippen molar-refractivity contribution < 1.29 is 27.8 Å². The highest BCUT2D eigenvalue weighted by Gasteiger charge is 2.42.